The third-order valence-electron chi connectivity index (χ3n) is 3.19. The fraction of sp³-hybridized carbons (Fsp3) is 0.571. The van der Waals surface area contributed by atoms with Gasteiger partial charge in [0.25, 0.3) is 0 Å². The summed E-state index contributed by atoms with van der Waals surface area (Å²) in [5.41, 5.74) is 2.64. The largest absolute Gasteiger partial charge is 0.374 e. The van der Waals surface area contributed by atoms with Crippen molar-refractivity contribution < 1.29 is 4.74 Å². The topological polar surface area (TPSA) is 24.5 Å². The molecule has 0 radical (unpaired) electrons. The average molecular weight is 313 g/mol. The molecule has 100 valence electrons. The average Bonchev–Trinajstić information content (AvgIpc) is 2.35. The van der Waals surface area contributed by atoms with Crippen molar-refractivity contribution in [2.75, 3.05) is 33.3 Å². The van der Waals surface area contributed by atoms with Gasteiger partial charge in [0.1, 0.15) is 0 Å². The summed E-state index contributed by atoms with van der Waals surface area (Å²) in [6, 6.07) is 6.53. The SMILES string of the molecule is Cc1cc(CN(C)CC2CNCCO2)ccc1Br. The zero-order chi connectivity index (χ0) is 13.0. The van der Waals surface area contributed by atoms with Crippen LogP contribution in [0.5, 0.6) is 0 Å². The third kappa shape index (κ3) is 4.05. The maximum atomic E-state index is 5.72. The molecule has 1 N–H and O–H groups in total. The Hall–Kier alpha value is -0.420. The maximum absolute atomic E-state index is 5.72. The second-order valence-corrected chi connectivity index (χ2v) is 5.83. The van der Waals surface area contributed by atoms with Crippen molar-refractivity contribution in [2.24, 2.45) is 0 Å². The summed E-state index contributed by atoms with van der Waals surface area (Å²) in [6.45, 7) is 6.84. The van der Waals surface area contributed by atoms with Crippen molar-refractivity contribution >= 4 is 15.9 Å². The Morgan fingerprint density at radius 3 is 3.00 bits per heavy atom. The van der Waals surface area contributed by atoms with Gasteiger partial charge in [-0.05, 0) is 31.2 Å². The highest BCUT2D eigenvalue weighted by Crippen LogP contribution is 2.18. The first-order valence-corrected chi connectivity index (χ1v) is 7.20. The number of nitrogens with one attached hydrogen (secondary N) is 1. The molecule has 1 aromatic carbocycles. The van der Waals surface area contributed by atoms with Crippen molar-refractivity contribution in [2.45, 2.75) is 19.6 Å². The molecular formula is C14H21BrN2O. The van der Waals surface area contributed by atoms with Gasteiger partial charge in [-0.1, -0.05) is 28.1 Å². The van der Waals surface area contributed by atoms with Crippen LogP contribution in [0.3, 0.4) is 0 Å². The summed E-state index contributed by atoms with van der Waals surface area (Å²) in [4.78, 5) is 2.32. The molecular weight excluding hydrogens is 292 g/mol. The maximum Gasteiger partial charge on any atom is 0.0826 e. The second-order valence-electron chi connectivity index (χ2n) is 4.98. The quantitative estimate of drug-likeness (QED) is 0.922. The molecule has 18 heavy (non-hydrogen) atoms. The Bertz CT molecular complexity index is 391. The number of nitrogens with zero attached hydrogens (tertiary/aromatic N) is 1. The van der Waals surface area contributed by atoms with E-state index in [1.54, 1.807) is 0 Å². The number of hydrogen-bond acceptors (Lipinski definition) is 3. The summed E-state index contributed by atoms with van der Waals surface area (Å²) in [6.07, 6.45) is 0.320. The number of aryl methyl sites for hydroxylation is 1. The van der Waals surface area contributed by atoms with E-state index in [1.807, 2.05) is 0 Å². The Kier molecular flexibility index (Phi) is 5.18. The molecule has 1 unspecified atom stereocenters. The lowest BCUT2D eigenvalue weighted by Gasteiger charge is -2.28. The molecule has 0 amide bonds. The van der Waals surface area contributed by atoms with Crippen LogP contribution in [0, 0.1) is 6.92 Å². The molecule has 1 atom stereocenters. The predicted molar refractivity (Wildman–Crippen MR) is 77.8 cm³/mol. The van der Waals surface area contributed by atoms with Gasteiger partial charge in [0.15, 0.2) is 0 Å². The summed E-state index contributed by atoms with van der Waals surface area (Å²) in [5, 5.41) is 3.36. The van der Waals surface area contributed by atoms with Crippen LogP contribution >= 0.6 is 15.9 Å². The molecule has 1 fully saturated rings. The van der Waals surface area contributed by atoms with Crippen LogP contribution in [0.2, 0.25) is 0 Å². The monoisotopic (exact) mass is 312 g/mol. The van der Waals surface area contributed by atoms with Crippen LogP contribution in [0.1, 0.15) is 11.1 Å². The zero-order valence-corrected chi connectivity index (χ0v) is 12.7. The molecule has 0 aliphatic carbocycles. The van der Waals surface area contributed by atoms with Gasteiger partial charge >= 0.3 is 0 Å². The molecule has 0 aromatic heterocycles. The van der Waals surface area contributed by atoms with E-state index >= 15 is 0 Å². The van der Waals surface area contributed by atoms with Crippen molar-refractivity contribution in [3.63, 3.8) is 0 Å². The number of rotatable bonds is 4. The number of morpholine rings is 1. The molecule has 1 aliphatic rings. The van der Waals surface area contributed by atoms with E-state index in [0.717, 1.165) is 32.8 Å². The lowest BCUT2D eigenvalue weighted by molar-refractivity contribution is 0.00885. The number of likely N-dealkylation sites (N-methyl/N-ethyl adjacent to an activating group) is 1. The van der Waals surface area contributed by atoms with E-state index in [1.165, 1.54) is 15.6 Å². The predicted octanol–water partition coefficient (Wildman–Crippen LogP) is 2.18. The Balaban J connectivity index is 1.85. The molecule has 1 aliphatic heterocycles. The second kappa shape index (κ2) is 6.66. The fourth-order valence-corrected chi connectivity index (χ4v) is 2.51. The number of ether oxygens (including phenoxy) is 1. The number of benzene rings is 1. The van der Waals surface area contributed by atoms with Crippen LogP contribution < -0.4 is 5.32 Å². The van der Waals surface area contributed by atoms with Crippen molar-refractivity contribution in [1.82, 2.24) is 10.2 Å². The Morgan fingerprint density at radius 1 is 1.50 bits per heavy atom. The molecule has 1 heterocycles. The van der Waals surface area contributed by atoms with Crippen LogP contribution in [-0.2, 0) is 11.3 Å². The summed E-state index contributed by atoms with van der Waals surface area (Å²) < 4.78 is 6.89. The van der Waals surface area contributed by atoms with Crippen molar-refractivity contribution in [1.29, 1.82) is 0 Å². The molecule has 3 nitrogen and oxygen atoms in total. The van der Waals surface area contributed by atoms with E-state index in [2.05, 4.69) is 58.3 Å². The van der Waals surface area contributed by atoms with Crippen molar-refractivity contribution in [3.8, 4) is 0 Å². The summed E-state index contributed by atoms with van der Waals surface area (Å²) in [7, 11) is 2.15. The highest BCUT2D eigenvalue weighted by molar-refractivity contribution is 9.10. The molecule has 1 saturated heterocycles. The minimum absolute atomic E-state index is 0.320. The van der Waals surface area contributed by atoms with E-state index in [9.17, 15) is 0 Å². The first-order valence-electron chi connectivity index (χ1n) is 6.41. The van der Waals surface area contributed by atoms with Gasteiger partial charge in [0.05, 0.1) is 12.7 Å². The van der Waals surface area contributed by atoms with E-state index in [-0.39, 0.29) is 0 Å². The van der Waals surface area contributed by atoms with Gasteiger partial charge in [-0.25, -0.2) is 0 Å². The van der Waals surface area contributed by atoms with Crippen LogP contribution in [0.15, 0.2) is 22.7 Å². The fourth-order valence-electron chi connectivity index (χ4n) is 2.27. The minimum atomic E-state index is 0.320. The van der Waals surface area contributed by atoms with Gasteiger partial charge in [-0.15, -0.1) is 0 Å². The van der Waals surface area contributed by atoms with Gasteiger partial charge < -0.3 is 10.1 Å². The highest BCUT2D eigenvalue weighted by atomic mass is 79.9. The molecule has 0 spiro atoms. The first kappa shape index (κ1) is 14.0. The standard InChI is InChI=1S/C14H21BrN2O/c1-11-7-12(3-4-14(11)15)9-17(2)10-13-8-16-5-6-18-13/h3-4,7,13,16H,5-6,8-10H2,1-2H3. The van der Waals surface area contributed by atoms with Crippen LogP contribution in [0.25, 0.3) is 0 Å². The number of halogens is 1. The summed E-state index contributed by atoms with van der Waals surface area (Å²) >= 11 is 3.53. The van der Waals surface area contributed by atoms with Crippen LogP contribution in [-0.4, -0.2) is 44.3 Å². The smallest absolute Gasteiger partial charge is 0.0826 e. The van der Waals surface area contributed by atoms with Gasteiger partial charge in [0, 0.05) is 30.7 Å². The molecule has 0 saturated carbocycles. The van der Waals surface area contributed by atoms with E-state index in [4.69, 9.17) is 4.74 Å². The van der Waals surface area contributed by atoms with Crippen molar-refractivity contribution in [3.05, 3.63) is 33.8 Å². The first-order chi connectivity index (χ1) is 8.65. The molecule has 1 aromatic rings. The number of hydrogen-bond donors (Lipinski definition) is 1. The molecule has 0 bridgehead atoms. The van der Waals surface area contributed by atoms with Gasteiger partial charge in [-0.2, -0.15) is 0 Å². The summed E-state index contributed by atoms with van der Waals surface area (Å²) in [5.74, 6) is 0. The van der Waals surface area contributed by atoms with E-state index in [0.29, 0.717) is 6.10 Å². The van der Waals surface area contributed by atoms with E-state index < -0.39 is 0 Å². The Morgan fingerprint density at radius 2 is 2.33 bits per heavy atom. The molecule has 4 heteroatoms. The lowest BCUT2D eigenvalue weighted by atomic mass is 10.1. The minimum Gasteiger partial charge on any atom is -0.374 e. The van der Waals surface area contributed by atoms with Gasteiger partial charge in [0.2, 0.25) is 0 Å². The highest BCUT2D eigenvalue weighted by Gasteiger charge is 2.15. The van der Waals surface area contributed by atoms with Crippen LogP contribution in [0.4, 0.5) is 0 Å². The zero-order valence-electron chi connectivity index (χ0n) is 11.1. The Labute approximate surface area is 118 Å². The van der Waals surface area contributed by atoms with Gasteiger partial charge in [-0.3, -0.25) is 4.90 Å². The molecule has 2 rings (SSSR count). The third-order valence-corrected chi connectivity index (χ3v) is 4.08. The normalized spacial score (nSPS) is 20.3. The lowest BCUT2D eigenvalue weighted by Crippen LogP contribution is -2.44.